The van der Waals surface area contributed by atoms with E-state index in [0.29, 0.717) is 129 Å². The number of unbranched alkanes of at least 4 members (excludes halogenated alkanes) is 45. The largest absolute Gasteiger partial charge is 0.490 e. The summed E-state index contributed by atoms with van der Waals surface area (Å²) in [7, 11) is 0. The lowest BCUT2D eigenvalue weighted by Crippen LogP contribution is -2.07. The summed E-state index contributed by atoms with van der Waals surface area (Å²) in [6.07, 6.45) is 75.9. The van der Waals surface area contributed by atoms with Gasteiger partial charge in [-0.2, -0.15) is 0 Å². The third kappa shape index (κ3) is 48.2. The number of benzene rings is 3. The van der Waals surface area contributed by atoms with Crippen molar-refractivity contribution < 1.29 is 42.6 Å². The topological polar surface area (TPSA) is 122 Å². The second-order valence-electron chi connectivity index (χ2n) is 31.5. The van der Waals surface area contributed by atoms with Gasteiger partial charge in [-0.25, -0.2) is 15.0 Å². The van der Waals surface area contributed by atoms with E-state index in [0.717, 1.165) is 132 Å². The average Bonchev–Trinajstić information content (AvgIpc) is 0.832. The first-order valence-corrected chi connectivity index (χ1v) is 46.8. The fraction of sp³-hybridized carbons (Fsp3) is 0.727. The summed E-state index contributed by atoms with van der Waals surface area (Å²) >= 11 is 0. The molecule has 0 aliphatic rings. The van der Waals surface area contributed by atoms with E-state index >= 15 is 0 Å². The first-order valence-electron chi connectivity index (χ1n) is 46.8. The quantitative estimate of drug-likeness (QED) is 0.0391. The number of nitrogens with zero attached hydrogens (tertiary/aromatic N) is 3. The molecule has 0 aliphatic heterocycles. The zero-order valence-corrected chi connectivity index (χ0v) is 73.0. The van der Waals surface area contributed by atoms with Gasteiger partial charge in [0.1, 0.15) is 0 Å². The molecular weight excluding hydrogens is 1380 g/mol. The van der Waals surface area contributed by atoms with E-state index in [1.807, 2.05) is 18.2 Å². The van der Waals surface area contributed by atoms with Gasteiger partial charge in [-0.05, 0) is 129 Å². The summed E-state index contributed by atoms with van der Waals surface area (Å²) in [6.45, 7) is 25.9. The van der Waals surface area contributed by atoms with Crippen molar-refractivity contribution in [1.82, 2.24) is 15.0 Å². The van der Waals surface area contributed by atoms with Crippen molar-refractivity contribution in [3.8, 4) is 51.7 Å². The van der Waals surface area contributed by atoms with Gasteiger partial charge in [0.25, 0.3) is 0 Å². The van der Waals surface area contributed by atoms with Crippen LogP contribution in [0.15, 0.2) is 36.4 Å². The van der Waals surface area contributed by atoms with E-state index in [2.05, 4.69) is 117 Å². The van der Waals surface area contributed by atoms with Crippen molar-refractivity contribution in [3.63, 3.8) is 0 Å². The highest BCUT2D eigenvalue weighted by Crippen LogP contribution is 2.43. The molecule has 0 spiro atoms. The molecular formula is C99H165N3O9. The molecule has 12 heteroatoms. The molecule has 0 fully saturated rings. The Hall–Kier alpha value is -5.91. The van der Waals surface area contributed by atoms with E-state index in [9.17, 15) is 0 Å². The molecule has 4 aromatic rings. The van der Waals surface area contributed by atoms with E-state index in [4.69, 9.17) is 57.6 Å². The van der Waals surface area contributed by atoms with Crippen LogP contribution < -0.4 is 42.6 Å². The number of hydrogen-bond donors (Lipinski definition) is 0. The highest BCUT2D eigenvalue weighted by Gasteiger charge is 2.20. The van der Waals surface area contributed by atoms with Gasteiger partial charge in [0, 0.05) is 0 Å². The maximum Gasteiger partial charge on any atom is 0.203 e. The van der Waals surface area contributed by atoms with E-state index < -0.39 is 0 Å². The van der Waals surface area contributed by atoms with Crippen molar-refractivity contribution in [2.45, 2.75) is 409 Å². The Labute approximate surface area is 681 Å². The third-order valence-corrected chi connectivity index (χ3v) is 20.9. The number of ether oxygens (including phenoxy) is 9. The SMILES string of the molecule is CCCCCCCCOc1cc(/C=C/c2nc(/C=C/c3cc(OCCCCCCCC)c(OCCCCCCCC)c(OCCCCCCCC)c3)nc(/C=C/c3cc(OCCCCCCCC)c(OCCCCCCCC)c(OCCCCCCCC)c3)n2)cc(OCCCCCCCC)c1OCCCCCCCC. The van der Waals surface area contributed by atoms with Crippen LogP contribution in [0.5, 0.6) is 51.7 Å². The Balaban J connectivity index is 1.98. The summed E-state index contributed by atoms with van der Waals surface area (Å²) in [4.78, 5) is 15.7. The Morgan fingerprint density at radius 3 is 0.459 bits per heavy atom. The monoisotopic (exact) mass is 1540 g/mol. The number of hydrogen-bond acceptors (Lipinski definition) is 12. The van der Waals surface area contributed by atoms with Crippen LogP contribution in [-0.2, 0) is 0 Å². The Morgan fingerprint density at radius 2 is 0.306 bits per heavy atom. The summed E-state index contributed by atoms with van der Waals surface area (Å²) in [5, 5.41) is 0. The number of aromatic nitrogens is 3. The maximum atomic E-state index is 6.81. The minimum atomic E-state index is 0.505. The fourth-order valence-corrected chi connectivity index (χ4v) is 13.9. The van der Waals surface area contributed by atoms with Crippen molar-refractivity contribution in [1.29, 1.82) is 0 Å². The molecule has 1 heterocycles. The van der Waals surface area contributed by atoms with Crippen LogP contribution in [0, 0.1) is 0 Å². The summed E-state index contributed by atoms with van der Waals surface area (Å²) < 4.78 is 61.2. The zero-order valence-electron chi connectivity index (χ0n) is 73.0. The molecule has 3 aromatic carbocycles. The van der Waals surface area contributed by atoms with Crippen LogP contribution in [0.25, 0.3) is 36.5 Å². The van der Waals surface area contributed by atoms with E-state index in [1.165, 1.54) is 231 Å². The second kappa shape index (κ2) is 69.6. The molecule has 12 nitrogen and oxygen atoms in total. The van der Waals surface area contributed by atoms with Crippen molar-refractivity contribution in [3.05, 3.63) is 70.6 Å². The smallest absolute Gasteiger partial charge is 0.203 e. The zero-order chi connectivity index (χ0) is 79.2. The molecule has 0 aliphatic carbocycles. The number of rotatable bonds is 78. The minimum Gasteiger partial charge on any atom is -0.490 e. The maximum absolute atomic E-state index is 6.81. The summed E-state index contributed by atoms with van der Waals surface area (Å²) in [6, 6.07) is 12.7. The third-order valence-electron chi connectivity index (χ3n) is 20.9. The molecule has 0 bridgehead atoms. The molecule has 0 saturated carbocycles. The van der Waals surface area contributed by atoms with Gasteiger partial charge in [0.15, 0.2) is 52.0 Å². The molecule has 0 N–H and O–H groups in total. The van der Waals surface area contributed by atoms with Gasteiger partial charge >= 0.3 is 0 Å². The lowest BCUT2D eigenvalue weighted by atomic mass is 10.1. The minimum absolute atomic E-state index is 0.505. The highest BCUT2D eigenvalue weighted by atomic mass is 16.6. The molecule has 1 aromatic heterocycles. The molecule has 630 valence electrons. The van der Waals surface area contributed by atoms with Gasteiger partial charge in [-0.1, -0.05) is 369 Å². The molecule has 0 radical (unpaired) electrons. The van der Waals surface area contributed by atoms with Crippen molar-refractivity contribution in [2.24, 2.45) is 0 Å². The van der Waals surface area contributed by atoms with Gasteiger partial charge in [0.2, 0.25) is 17.2 Å². The van der Waals surface area contributed by atoms with Crippen LogP contribution in [0.2, 0.25) is 0 Å². The van der Waals surface area contributed by atoms with Crippen molar-refractivity contribution in [2.75, 3.05) is 59.5 Å². The predicted octanol–water partition coefficient (Wildman–Crippen LogP) is 31.0. The normalized spacial score (nSPS) is 11.6. The van der Waals surface area contributed by atoms with Gasteiger partial charge in [-0.15, -0.1) is 0 Å². The van der Waals surface area contributed by atoms with Gasteiger partial charge in [-0.3, -0.25) is 0 Å². The molecule has 4 rings (SSSR count). The van der Waals surface area contributed by atoms with Crippen LogP contribution in [0.1, 0.15) is 443 Å². The Bertz CT molecular complexity index is 2500. The van der Waals surface area contributed by atoms with Gasteiger partial charge in [0.05, 0.1) is 59.5 Å². The van der Waals surface area contributed by atoms with Crippen LogP contribution in [-0.4, -0.2) is 74.4 Å². The second-order valence-corrected chi connectivity index (χ2v) is 31.5. The Morgan fingerprint density at radius 1 is 0.171 bits per heavy atom. The van der Waals surface area contributed by atoms with Crippen LogP contribution >= 0.6 is 0 Å². The van der Waals surface area contributed by atoms with Crippen LogP contribution in [0.4, 0.5) is 0 Å². The molecule has 0 unspecified atom stereocenters. The highest BCUT2D eigenvalue weighted by molar-refractivity contribution is 5.75. The predicted molar refractivity (Wildman–Crippen MR) is 476 cm³/mol. The molecule has 0 atom stereocenters. The fourth-order valence-electron chi connectivity index (χ4n) is 13.9. The van der Waals surface area contributed by atoms with Gasteiger partial charge < -0.3 is 42.6 Å². The van der Waals surface area contributed by atoms with E-state index in [-0.39, 0.29) is 0 Å². The first-order chi connectivity index (χ1) is 54.8. The van der Waals surface area contributed by atoms with Crippen LogP contribution in [0.3, 0.4) is 0 Å². The summed E-state index contributed by atoms with van der Waals surface area (Å²) in [5.74, 6) is 7.90. The Kier molecular flexibility index (Phi) is 61.1. The van der Waals surface area contributed by atoms with E-state index in [1.54, 1.807) is 0 Å². The molecule has 111 heavy (non-hydrogen) atoms. The standard InChI is InChI=1S/C99H165N3O9/c1-10-19-28-37-46-55-70-103-88-79-85(80-89(104-71-56-47-38-29-20-11-2)97(88)109-76-61-52-43-34-25-16-7)64-67-94-100-95(68-65-86-81-90(105-72-57-48-39-30-21-12-3)98(110-77-62-53-44-35-26-17-8)91(82-86)106-73-58-49-40-31-22-13-4)102-96(101-94)69-66-87-83-92(107-74-59-50-41-32-23-14-5)99(111-78-63-54-45-36-27-18-9)93(84-87)108-75-60-51-42-33-24-15-6/h64-69,79-84H,10-63,70-78H2,1-9H3/b67-64+,68-65+,69-66+. The lowest BCUT2D eigenvalue weighted by molar-refractivity contribution is 0.234. The first kappa shape index (κ1) is 97.5. The average molecular weight is 1540 g/mol. The summed E-state index contributed by atoms with van der Waals surface area (Å²) in [5.41, 5.74) is 2.73. The molecule has 0 amide bonds. The molecule has 0 saturated heterocycles. The van der Waals surface area contributed by atoms with Crippen molar-refractivity contribution >= 4 is 36.5 Å². The lowest BCUT2D eigenvalue weighted by Gasteiger charge is -2.18.